The highest BCUT2D eigenvalue weighted by Crippen LogP contribution is 2.35. The van der Waals surface area contributed by atoms with Crippen LogP contribution in [0.15, 0.2) is 30.3 Å². The van der Waals surface area contributed by atoms with Crippen molar-refractivity contribution in [3.05, 3.63) is 46.3 Å². The van der Waals surface area contributed by atoms with Crippen molar-refractivity contribution >= 4 is 34.0 Å². The van der Waals surface area contributed by atoms with Crippen molar-refractivity contribution in [2.75, 3.05) is 10.6 Å². The zero-order valence-electron chi connectivity index (χ0n) is 13.7. The van der Waals surface area contributed by atoms with Gasteiger partial charge in [0.1, 0.15) is 5.00 Å². The van der Waals surface area contributed by atoms with E-state index in [0.717, 1.165) is 10.4 Å². The zero-order valence-corrected chi connectivity index (χ0v) is 14.5. The molecule has 0 aliphatic heterocycles. The molecular weight excluding hydrogens is 310 g/mol. The first-order valence-electron chi connectivity index (χ1n) is 7.25. The molecule has 122 valence electrons. The maximum Gasteiger partial charge on any atom is 0.324 e. The lowest BCUT2D eigenvalue weighted by Gasteiger charge is -2.15. The van der Waals surface area contributed by atoms with E-state index in [-0.39, 0.29) is 5.41 Å². The van der Waals surface area contributed by atoms with E-state index in [1.807, 2.05) is 52.0 Å². The third-order valence-electron chi connectivity index (χ3n) is 3.27. The number of urea groups is 1. The number of benzene rings is 1. The predicted octanol–water partition coefficient (Wildman–Crippen LogP) is 4.10. The summed E-state index contributed by atoms with van der Waals surface area (Å²) in [5.74, 6) is -0.553. The standard InChI is InChI=1S/C17H21N3O2S/c1-10-5-7-11(8-6-10)19-16(22)20-15-12(14(18)21)9-13(23-15)17(2,3)4/h5-9H,1-4H3,(H2,18,21)(H2,19,20,22). The zero-order chi connectivity index (χ0) is 17.2. The SMILES string of the molecule is Cc1ccc(NC(=O)Nc2sc(C(C)(C)C)cc2C(N)=O)cc1. The first kappa shape index (κ1) is 17.0. The third-order valence-corrected chi connectivity index (χ3v) is 4.75. The second kappa shape index (κ2) is 6.42. The number of amides is 3. The quantitative estimate of drug-likeness (QED) is 0.791. The summed E-state index contributed by atoms with van der Waals surface area (Å²) in [5.41, 5.74) is 7.41. The van der Waals surface area contributed by atoms with Gasteiger partial charge in [0.05, 0.1) is 5.56 Å². The first-order valence-corrected chi connectivity index (χ1v) is 8.07. The van der Waals surface area contributed by atoms with Crippen LogP contribution in [0.25, 0.3) is 0 Å². The molecule has 2 aromatic rings. The topological polar surface area (TPSA) is 84.2 Å². The van der Waals surface area contributed by atoms with E-state index in [2.05, 4.69) is 10.6 Å². The Hall–Kier alpha value is -2.34. The Labute approximate surface area is 139 Å². The lowest BCUT2D eigenvalue weighted by atomic mass is 9.94. The molecule has 1 heterocycles. The highest BCUT2D eigenvalue weighted by molar-refractivity contribution is 7.16. The second-order valence-corrected chi connectivity index (χ2v) is 7.47. The van der Waals surface area contributed by atoms with Crippen molar-refractivity contribution in [1.29, 1.82) is 0 Å². The number of primary amides is 1. The molecule has 6 heteroatoms. The lowest BCUT2D eigenvalue weighted by Crippen LogP contribution is -2.21. The Morgan fingerprint density at radius 2 is 1.70 bits per heavy atom. The van der Waals surface area contributed by atoms with Gasteiger partial charge < -0.3 is 11.1 Å². The molecular formula is C17H21N3O2S. The van der Waals surface area contributed by atoms with Crippen LogP contribution in [-0.4, -0.2) is 11.9 Å². The fourth-order valence-corrected chi connectivity index (χ4v) is 3.05. The third kappa shape index (κ3) is 4.32. The monoisotopic (exact) mass is 331 g/mol. The summed E-state index contributed by atoms with van der Waals surface area (Å²) in [4.78, 5) is 24.7. The molecule has 0 spiro atoms. The number of anilines is 2. The Kier molecular flexibility index (Phi) is 4.75. The van der Waals surface area contributed by atoms with Crippen LogP contribution in [0.1, 0.15) is 41.6 Å². The van der Waals surface area contributed by atoms with Crippen LogP contribution in [0.4, 0.5) is 15.5 Å². The number of aryl methyl sites for hydroxylation is 1. The van der Waals surface area contributed by atoms with Gasteiger partial charge in [-0.1, -0.05) is 38.5 Å². The average molecular weight is 331 g/mol. The molecule has 0 atom stereocenters. The van der Waals surface area contributed by atoms with Gasteiger partial charge in [-0.15, -0.1) is 11.3 Å². The highest BCUT2D eigenvalue weighted by atomic mass is 32.1. The van der Waals surface area contributed by atoms with Crippen LogP contribution >= 0.6 is 11.3 Å². The molecule has 1 aromatic carbocycles. The largest absolute Gasteiger partial charge is 0.366 e. The van der Waals surface area contributed by atoms with Crippen LogP contribution in [0.2, 0.25) is 0 Å². The van der Waals surface area contributed by atoms with Gasteiger partial charge in [0.15, 0.2) is 0 Å². The molecule has 0 unspecified atom stereocenters. The minimum Gasteiger partial charge on any atom is -0.366 e. The Balaban J connectivity index is 2.18. The summed E-state index contributed by atoms with van der Waals surface area (Å²) in [6.07, 6.45) is 0. The molecule has 0 aliphatic carbocycles. The number of carbonyl (C=O) groups is 2. The van der Waals surface area contributed by atoms with Crippen LogP contribution in [0, 0.1) is 6.92 Å². The van der Waals surface area contributed by atoms with Crippen molar-refractivity contribution in [3.63, 3.8) is 0 Å². The maximum absolute atomic E-state index is 12.1. The fraction of sp³-hybridized carbons (Fsp3) is 0.294. The van der Waals surface area contributed by atoms with Gasteiger partial charge in [-0.3, -0.25) is 10.1 Å². The molecule has 0 saturated heterocycles. The first-order chi connectivity index (χ1) is 10.7. The van der Waals surface area contributed by atoms with Crippen LogP contribution < -0.4 is 16.4 Å². The smallest absolute Gasteiger partial charge is 0.324 e. The van der Waals surface area contributed by atoms with E-state index in [9.17, 15) is 9.59 Å². The normalized spacial score (nSPS) is 11.1. The minimum absolute atomic E-state index is 0.123. The van der Waals surface area contributed by atoms with Crippen molar-refractivity contribution in [2.45, 2.75) is 33.1 Å². The minimum atomic E-state index is -0.553. The molecule has 0 aliphatic rings. The summed E-state index contributed by atoms with van der Waals surface area (Å²) in [6.45, 7) is 8.10. The van der Waals surface area contributed by atoms with E-state index >= 15 is 0 Å². The number of hydrogen-bond acceptors (Lipinski definition) is 3. The molecule has 3 amide bonds. The summed E-state index contributed by atoms with van der Waals surface area (Å²) < 4.78 is 0. The predicted molar refractivity (Wildman–Crippen MR) is 95.4 cm³/mol. The van der Waals surface area contributed by atoms with Crippen molar-refractivity contribution in [1.82, 2.24) is 0 Å². The molecule has 0 bridgehead atoms. The van der Waals surface area contributed by atoms with Gasteiger partial charge in [0.25, 0.3) is 5.91 Å². The molecule has 2 rings (SSSR count). The summed E-state index contributed by atoms with van der Waals surface area (Å²) in [5, 5.41) is 5.92. The molecule has 0 fully saturated rings. The van der Waals surface area contributed by atoms with E-state index in [1.54, 1.807) is 6.07 Å². The van der Waals surface area contributed by atoms with E-state index in [0.29, 0.717) is 16.3 Å². The van der Waals surface area contributed by atoms with E-state index < -0.39 is 11.9 Å². The number of nitrogens with one attached hydrogen (secondary N) is 2. The number of thiophene rings is 1. The van der Waals surface area contributed by atoms with Crippen LogP contribution in [0.3, 0.4) is 0 Å². The van der Waals surface area contributed by atoms with Gasteiger partial charge in [0, 0.05) is 10.6 Å². The maximum atomic E-state index is 12.1. The number of rotatable bonds is 3. The molecule has 23 heavy (non-hydrogen) atoms. The van der Waals surface area contributed by atoms with Gasteiger partial charge in [-0.25, -0.2) is 4.79 Å². The molecule has 4 N–H and O–H groups in total. The summed E-state index contributed by atoms with van der Waals surface area (Å²) in [7, 11) is 0. The van der Waals surface area contributed by atoms with E-state index in [4.69, 9.17) is 5.73 Å². The van der Waals surface area contributed by atoms with E-state index in [1.165, 1.54) is 11.3 Å². The molecule has 5 nitrogen and oxygen atoms in total. The van der Waals surface area contributed by atoms with Gasteiger partial charge in [-0.2, -0.15) is 0 Å². The molecule has 0 saturated carbocycles. The Morgan fingerprint density at radius 3 is 2.22 bits per heavy atom. The molecule has 1 aromatic heterocycles. The summed E-state index contributed by atoms with van der Waals surface area (Å²) >= 11 is 1.36. The highest BCUT2D eigenvalue weighted by Gasteiger charge is 2.22. The Morgan fingerprint density at radius 1 is 1.09 bits per heavy atom. The second-order valence-electron chi connectivity index (χ2n) is 6.41. The average Bonchev–Trinajstić information content (AvgIpc) is 2.85. The fourth-order valence-electron chi connectivity index (χ4n) is 1.94. The molecule has 0 radical (unpaired) electrons. The van der Waals surface area contributed by atoms with Crippen molar-refractivity contribution in [3.8, 4) is 0 Å². The Bertz CT molecular complexity index is 727. The van der Waals surface area contributed by atoms with Gasteiger partial charge in [-0.05, 0) is 30.5 Å². The summed E-state index contributed by atoms with van der Waals surface area (Å²) in [6, 6.07) is 8.80. The van der Waals surface area contributed by atoms with Crippen LogP contribution in [0.5, 0.6) is 0 Å². The van der Waals surface area contributed by atoms with Crippen molar-refractivity contribution in [2.24, 2.45) is 5.73 Å². The number of hydrogen-bond donors (Lipinski definition) is 3. The number of nitrogens with two attached hydrogens (primary N) is 1. The number of carbonyl (C=O) groups excluding carboxylic acids is 2. The van der Waals surface area contributed by atoms with Gasteiger partial charge in [0.2, 0.25) is 0 Å². The lowest BCUT2D eigenvalue weighted by molar-refractivity contribution is 0.100. The van der Waals surface area contributed by atoms with Gasteiger partial charge >= 0.3 is 6.03 Å². The van der Waals surface area contributed by atoms with Crippen LogP contribution in [-0.2, 0) is 5.41 Å². The van der Waals surface area contributed by atoms with Crippen molar-refractivity contribution < 1.29 is 9.59 Å².